The number of benzene rings is 2. The van der Waals surface area contributed by atoms with E-state index >= 15 is 0 Å². The van der Waals surface area contributed by atoms with Crippen LogP contribution in [0.1, 0.15) is 12.8 Å². The van der Waals surface area contributed by atoms with Crippen LogP contribution in [0.25, 0.3) is 0 Å². The van der Waals surface area contributed by atoms with Gasteiger partial charge in [-0.05, 0) is 30.7 Å². The minimum Gasteiger partial charge on any atom is -0.338 e. The Kier molecular flexibility index (Phi) is 5.27. The molecule has 0 aromatic heterocycles. The second-order valence-electron chi connectivity index (χ2n) is 7.49. The second kappa shape index (κ2) is 7.87. The lowest BCUT2D eigenvalue weighted by atomic mass is 10.1. The number of carbonyl (C=O) groups excluding carboxylic acids is 2. The van der Waals surface area contributed by atoms with Crippen LogP contribution in [0.2, 0.25) is 0 Å². The van der Waals surface area contributed by atoms with Gasteiger partial charge in [-0.25, -0.2) is 8.42 Å². The van der Waals surface area contributed by atoms with Gasteiger partial charge in [-0.15, -0.1) is 0 Å². The summed E-state index contributed by atoms with van der Waals surface area (Å²) in [5, 5.41) is 1.70. The first kappa shape index (κ1) is 19.4. The van der Waals surface area contributed by atoms with Crippen LogP contribution in [0, 0.1) is 5.92 Å². The summed E-state index contributed by atoms with van der Waals surface area (Å²) in [6.07, 6.45) is 0.544. The van der Waals surface area contributed by atoms with E-state index in [-0.39, 0.29) is 42.3 Å². The summed E-state index contributed by atoms with van der Waals surface area (Å²) in [5.41, 5.74) is 4.54. The van der Waals surface area contributed by atoms with E-state index in [1.54, 1.807) is 9.91 Å². The second-order valence-corrected chi connectivity index (χ2v) is 9.72. The molecule has 0 bridgehead atoms. The van der Waals surface area contributed by atoms with Gasteiger partial charge in [-0.2, -0.15) is 0 Å². The first-order valence-electron chi connectivity index (χ1n) is 9.63. The van der Waals surface area contributed by atoms with Gasteiger partial charge in [0, 0.05) is 19.0 Å². The lowest BCUT2D eigenvalue weighted by molar-refractivity contribution is -0.130. The molecule has 2 fully saturated rings. The third kappa shape index (κ3) is 4.27. The number of amides is 2. The van der Waals surface area contributed by atoms with Crippen molar-refractivity contribution in [3.63, 3.8) is 0 Å². The van der Waals surface area contributed by atoms with Crippen LogP contribution in [-0.4, -0.2) is 49.2 Å². The van der Waals surface area contributed by atoms with Crippen LogP contribution in [0.15, 0.2) is 60.7 Å². The highest BCUT2D eigenvalue weighted by atomic mass is 32.2. The van der Waals surface area contributed by atoms with E-state index in [9.17, 15) is 18.0 Å². The van der Waals surface area contributed by atoms with Crippen LogP contribution in [0.3, 0.4) is 0 Å². The molecule has 2 atom stereocenters. The number of sulfone groups is 1. The van der Waals surface area contributed by atoms with Crippen LogP contribution in [-0.2, 0) is 19.4 Å². The first-order valence-corrected chi connectivity index (χ1v) is 11.5. The molecule has 0 aliphatic carbocycles. The van der Waals surface area contributed by atoms with E-state index in [4.69, 9.17) is 0 Å². The quantitative estimate of drug-likeness (QED) is 0.757. The summed E-state index contributed by atoms with van der Waals surface area (Å²) in [4.78, 5) is 27.0. The standard InChI is InChI=1S/C21H23N3O4S/c25-20-13-16(14-23(20)19-11-12-29(27,28)15-19)21(26)22-24(17-7-3-1-4-8-17)18-9-5-2-6-10-18/h1-10,16,19H,11-15H2,(H,22,26)/t16-,19+/m1/s1. The maximum Gasteiger partial charge on any atom is 0.244 e. The fraction of sp³-hybridized carbons (Fsp3) is 0.333. The highest BCUT2D eigenvalue weighted by Crippen LogP contribution is 2.28. The predicted octanol–water partition coefficient (Wildman–Crippen LogP) is 1.89. The first-order chi connectivity index (χ1) is 13.9. The van der Waals surface area contributed by atoms with Crippen LogP contribution in [0.4, 0.5) is 11.4 Å². The Hall–Kier alpha value is -2.87. The molecule has 7 nitrogen and oxygen atoms in total. The van der Waals surface area contributed by atoms with E-state index in [1.165, 1.54) is 0 Å². The Labute approximate surface area is 170 Å². The largest absolute Gasteiger partial charge is 0.338 e. The Morgan fingerprint density at radius 3 is 2.10 bits per heavy atom. The third-order valence-corrected chi connectivity index (χ3v) is 7.18. The van der Waals surface area contributed by atoms with Gasteiger partial charge < -0.3 is 4.90 Å². The molecule has 2 amide bonds. The lowest BCUT2D eigenvalue weighted by Crippen LogP contribution is -2.44. The highest BCUT2D eigenvalue weighted by molar-refractivity contribution is 7.91. The van der Waals surface area contributed by atoms with Crippen molar-refractivity contribution in [3.8, 4) is 0 Å². The van der Waals surface area contributed by atoms with Crippen molar-refractivity contribution in [2.45, 2.75) is 18.9 Å². The summed E-state index contributed by atoms with van der Waals surface area (Å²) in [7, 11) is -3.09. The number of hydrogen-bond donors (Lipinski definition) is 1. The molecule has 2 saturated heterocycles. The fourth-order valence-electron chi connectivity index (χ4n) is 3.92. The van der Waals surface area contributed by atoms with E-state index in [0.29, 0.717) is 6.42 Å². The van der Waals surface area contributed by atoms with Crippen LogP contribution in [0.5, 0.6) is 0 Å². The minimum absolute atomic E-state index is 0.00671. The van der Waals surface area contributed by atoms with Crippen molar-refractivity contribution >= 4 is 33.0 Å². The molecule has 4 rings (SSSR count). The predicted molar refractivity (Wildman–Crippen MR) is 110 cm³/mol. The SMILES string of the molecule is O=C(NN(c1ccccc1)c1ccccc1)[C@@H]1CC(=O)N([C@H]2CCS(=O)(=O)C2)C1. The van der Waals surface area contributed by atoms with Gasteiger partial charge in [0.2, 0.25) is 11.8 Å². The molecule has 8 heteroatoms. The zero-order valence-corrected chi connectivity index (χ0v) is 16.7. The number of anilines is 2. The van der Waals surface area contributed by atoms with Crippen LogP contribution < -0.4 is 10.4 Å². The Morgan fingerprint density at radius 2 is 1.59 bits per heavy atom. The van der Waals surface area contributed by atoms with Gasteiger partial charge in [0.25, 0.3) is 0 Å². The smallest absolute Gasteiger partial charge is 0.244 e. The Morgan fingerprint density at radius 1 is 1.00 bits per heavy atom. The van der Waals surface area contributed by atoms with E-state index in [2.05, 4.69) is 5.43 Å². The number of hydrogen-bond acceptors (Lipinski definition) is 5. The molecular formula is C21H23N3O4S. The highest BCUT2D eigenvalue weighted by Gasteiger charge is 2.42. The average molecular weight is 413 g/mol. The number of likely N-dealkylation sites (tertiary alicyclic amines) is 1. The van der Waals surface area contributed by atoms with Gasteiger partial charge >= 0.3 is 0 Å². The van der Waals surface area contributed by atoms with Crippen molar-refractivity contribution in [1.82, 2.24) is 10.3 Å². The summed E-state index contributed by atoms with van der Waals surface area (Å²) >= 11 is 0. The Balaban J connectivity index is 1.49. The van der Waals surface area contributed by atoms with E-state index in [0.717, 1.165) is 11.4 Å². The van der Waals surface area contributed by atoms with Gasteiger partial charge in [-0.1, -0.05) is 36.4 Å². The van der Waals surface area contributed by atoms with Crippen molar-refractivity contribution in [2.24, 2.45) is 5.92 Å². The van der Waals surface area contributed by atoms with Crippen molar-refractivity contribution in [2.75, 3.05) is 23.1 Å². The Bertz CT molecular complexity index is 956. The van der Waals surface area contributed by atoms with Gasteiger partial charge in [0.15, 0.2) is 9.84 Å². The molecule has 0 unspecified atom stereocenters. The molecular weight excluding hydrogens is 390 g/mol. The lowest BCUT2D eigenvalue weighted by Gasteiger charge is -2.27. The number of para-hydroxylation sites is 2. The summed E-state index contributed by atoms with van der Waals surface area (Å²) in [6.45, 7) is 0.252. The summed E-state index contributed by atoms with van der Waals surface area (Å²) in [6, 6.07) is 18.6. The molecule has 2 aliphatic rings. The number of nitrogens with zero attached hydrogens (tertiary/aromatic N) is 2. The van der Waals surface area contributed by atoms with Crippen LogP contribution >= 0.6 is 0 Å². The zero-order valence-electron chi connectivity index (χ0n) is 15.9. The monoisotopic (exact) mass is 413 g/mol. The topological polar surface area (TPSA) is 86.8 Å². The van der Waals surface area contributed by atoms with Crippen molar-refractivity contribution in [3.05, 3.63) is 60.7 Å². The number of rotatable bonds is 5. The van der Waals surface area contributed by atoms with Crippen molar-refractivity contribution < 1.29 is 18.0 Å². The minimum atomic E-state index is -3.09. The third-order valence-electron chi connectivity index (χ3n) is 5.43. The van der Waals surface area contributed by atoms with Crippen molar-refractivity contribution in [1.29, 1.82) is 0 Å². The maximum absolute atomic E-state index is 13.0. The summed E-state index contributed by atoms with van der Waals surface area (Å²) < 4.78 is 23.5. The number of nitrogens with one attached hydrogen (secondary N) is 1. The number of hydrazine groups is 1. The molecule has 2 aliphatic heterocycles. The maximum atomic E-state index is 13.0. The normalized spacial score (nSPS) is 23.2. The molecule has 2 heterocycles. The number of carbonyl (C=O) groups is 2. The molecule has 152 valence electrons. The van der Waals surface area contributed by atoms with Gasteiger partial charge in [0.05, 0.1) is 28.8 Å². The zero-order chi connectivity index (χ0) is 20.4. The molecule has 1 N–H and O–H groups in total. The molecule has 0 saturated carbocycles. The van der Waals surface area contributed by atoms with E-state index < -0.39 is 15.8 Å². The average Bonchev–Trinajstić information content (AvgIpc) is 3.29. The van der Waals surface area contributed by atoms with Gasteiger partial charge in [-0.3, -0.25) is 20.0 Å². The summed E-state index contributed by atoms with van der Waals surface area (Å²) in [5.74, 6) is -0.824. The molecule has 0 spiro atoms. The molecule has 2 aromatic carbocycles. The molecule has 2 aromatic rings. The van der Waals surface area contributed by atoms with Gasteiger partial charge in [0.1, 0.15) is 0 Å². The van der Waals surface area contributed by atoms with E-state index in [1.807, 2.05) is 60.7 Å². The molecule has 29 heavy (non-hydrogen) atoms. The fourth-order valence-corrected chi connectivity index (χ4v) is 5.65. The molecule has 0 radical (unpaired) electrons.